The Morgan fingerprint density at radius 2 is 1.75 bits per heavy atom. The molecule has 1 saturated heterocycles. The zero-order valence-corrected chi connectivity index (χ0v) is 15.6. The maximum atomic E-state index is 12.9. The fourth-order valence-corrected chi connectivity index (χ4v) is 4.56. The Morgan fingerprint density at radius 3 is 2.68 bits per heavy atom. The number of benzene rings is 3. The minimum Gasteiger partial charge on any atom is -0.349 e. The van der Waals surface area contributed by atoms with Crippen LogP contribution in [0.5, 0.6) is 0 Å². The normalized spacial score (nSPS) is 21.1. The van der Waals surface area contributed by atoms with Gasteiger partial charge in [0.2, 0.25) is 11.8 Å². The second-order valence-electron chi connectivity index (χ2n) is 7.70. The molecule has 2 atom stereocenters. The SMILES string of the molecule is O=C(N[C@H]1CCc2ccccc21)[C@H]1CC(=O)N(c2cccc3ccccc23)C1. The van der Waals surface area contributed by atoms with Crippen molar-refractivity contribution in [3.05, 3.63) is 77.9 Å². The van der Waals surface area contributed by atoms with Crippen LogP contribution < -0.4 is 10.2 Å². The lowest BCUT2D eigenvalue weighted by Crippen LogP contribution is -2.34. The highest BCUT2D eigenvalue weighted by Gasteiger charge is 2.37. The molecular formula is C24H22N2O2. The summed E-state index contributed by atoms with van der Waals surface area (Å²) in [6.45, 7) is 0.438. The molecule has 0 spiro atoms. The van der Waals surface area contributed by atoms with Crippen molar-refractivity contribution in [2.24, 2.45) is 5.92 Å². The molecule has 1 fully saturated rings. The summed E-state index contributed by atoms with van der Waals surface area (Å²) < 4.78 is 0. The maximum absolute atomic E-state index is 12.9. The van der Waals surface area contributed by atoms with Crippen LogP contribution in [-0.4, -0.2) is 18.4 Å². The largest absolute Gasteiger partial charge is 0.349 e. The van der Waals surface area contributed by atoms with Crippen molar-refractivity contribution in [1.82, 2.24) is 5.32 Å². The molecule has 2 amide bonds. The molecule has 0 unspecified atom stereocenters. The van der Waals surface area contributed by atoms with E-state index in [9.17, 15) is 9.59 Å². The molecule has 2 aliphatic rings. The summed E-state index contributed by atoms with van der Waals surface area (Å²) in [5, 5.41) is 5.33. The number of carbonyl (C=O) groups is 2. The van der Waals surface area contributed by atoms with Gasteiger partial charge in [-0.05, 0) is 35.4 Å². The summed E-state index contributed by atoms with van der Waals surface area (Å²) in [5.74, 6) is -0.305. The van der Waals surface area contributed by atoms with E-state index in [2.05, 4.69) is 17.4 Å². The van der Waals surface area contributed by atoms with Gasteiger partial charge in [0.05, 0.1) is 17.6 Å². The maximum Gasteiger partial charge on any atom is 0.227 e. The molecule has 1 N–H and O–H groups in total. The van der Waals surface area contributed by atoms with Crippen molar-refractivity contribution in [3.8, 4) is 0 Å². The number of hydrogen-bond donors (Lipinski definition) is 1. The van der Waals surface area contributed by atoms with Crippen molar-refractivity contribution in [3.63, 3.8) is 0 Å². The first-order valence-electron chi connectivity index (χ1n) is 9.87. The van der Waals surface area contributed by atoms with Crippen LogP contribution in [0, 0.1) is 5.92 Å². The molecule has 0 aromatic heterocycles. The predicted molar refractivity (Wildman–Crippen MR) is 110 cm³/mol. The third-order valence-electron chi connectivity index (χ3n) is 6.00. The Bertz CT molecular complexity index is 1070. The van der Waals surface area contributed by atoms with Gasteiger partial charge in [-0.15, -0.1) is 0 Å². The van der Waals surface area contributed by atoms with E-state index in [-0.39, 0.29) is 30.2 Å². The highest BCUT2D eigenvalue weighted by molar-refractivity contribution is 6.07. The lowest BCUT2D eigenvalue weighted by atomic mass is 10.0. The first-order chi connectivity index (χ1) is 13.7. The van der Waals surface area contributed by atoms with Crippen molar-refractivity contribution < 1.29 is 9.59 Å². The van der Waals surface area contributed by atoms with E-state index in [1.807, 2.05) is 54.6 Å². The minimum atomic E-state index is -0.306. The van der Waals surface area contributed by atoms with Gasteiger partial charge in [-0.2, -0.15) is 0 Å². The highest BCUT2D eigenvalue weighted by atomic mass is 16.2. The number of amides is 2. The average molecular weight is 370 g/mol. The van der Waals surface area contributed by atoms with Gasteiger partial charge >= 0.3 is 0 Å². The van der Waals surface area contributed by atoms with Gasteiger partial charge in [0, 0.05) is 18.4 Å². The standard InChI is InChI=1S/C24H22N2O2/c27-23-14-18(24(28)25-21-13-12-17-7-1-3-9-19(17)21)15-26(23)22-11-5-8-16-6-2-4-10-20(16)22/h1-11,18,21H,12-15H2,(H,25,28)/t18-,21-/m0/s1. The first kappa shape index (κ1) is 17.0. The predicted octanol–water partition coefficient (Wildman–Crippen LogP) is 4.00. The molecule has 5 rings (SSSR count). The van der Waals surface area contributed by atoms with Gasteiger partial charge in [0.1, 0.15) is 0 Å². The minimum absolute atomic E-state index is 0.0159. The Morgan fingerprint density at radius 1 is 0.964 bits per heavy atom. The average Bonchev–Trinajstić information content (AvgIpc) is 3.31. The van der Waals surface area contributed by atoms with Crippen molar-refractivity contribution >= 4 is 28.3 Å². The highest BCUT2D eigenvalue weighted by Crippen LogP contribution is 2.34. The molecular weight excluding hydrogens is 348 g/mol. The molecule has 1 heterocycles. The quantitative estimate of drug-likeness (QED) is 0.758. The van der Waals surface area contributed by atoms with E-state index in [1.54, 1.807) is 4.90 Å². The second kappa shape index (κ2) is 6.79. The fourth-order valence-electron chi connectivity index (χ4n) is 4.56. The van der Waals surface area contributed by atoms with Gasteiger partial charge in [0.25, 0.3) is 0 Å². The van der Waals surface area contributed by atoms with E-state index in [0.717, 1.165) is 29.3 Å². The zero-order chi connectivity index (χ0) is 19.1. The van der Waals surface area contributed by atoms with Crippen molar-refractivity contribution in [2.45, 2.75) is 25.3 Å². The van der Waals surface area contributed by atoms with Crippen LogP contribution in [0.25, 0.3) is 10.8 Å². The number of hydrogen-bond acceptors (Lipinski definition) is 2. The Balaban J connectivity index is 1.35. The molecule has 1 aliphatic heterocycles. The van der Waals surface area contributed by atoms with Crippen molar-refractivity contribution in [2.75, 3.05) is 11.4 Å². The lowest BCUT2D eigenvalue weighted by molar-refractivity contribution is -0.127. The molecule has 3 aromatic carbocycles. The molecule has 4 nitrogen and oxygen atoms in total. The summed E-state index contributed by atoms with van der Waals surface area (Å²) >= 11 is 0. The van der Waals surface area contributed by atoms with E-state index in [1.165, 1.54) is 11.1 Å². The molecule has 4 heteroatoms. The summed E-state index contributed by atoms with van der Waals surface area (Å²) in [6.07, 6.45) is 2.19. The Hall–Kier alpha value is -3.14. The lowest BCUT2D eigenvalue weighted by Gasteiger charge is -2.20. The van der Waals surface area contributed by atoms with Crippen LogP contribution >= 0.6 is 0 Å². The molecule has 3 aromatic rings. The third kappa shape index (κ3) is 2.85. The number of fused-ring (bicyclic) bond motifs is 2. The van der Waals surface area contributed by atoms with Gasteiger partial charge < -0.3 is 10.2 Å². The van der Waals surface area contributed by atoms with Crippen LogP contribution in [0.3, 0.4) is 0 Å². The van der Waals surface area contributed by atoms with E-state index < -0.39 is 0 Å². The summed E-state index contributed by atoms with van der Waals surface area (Å²) in [6, 6.07) is 22.4. The summed E-state index contributed by atoms with van der Waals surface area (Å²) in [4.78, 5) is 27.4. The van der Waals surface area contributed by atoms with Gasteiger partial charge in [-0.25, -0.2) is 0 Å². The number of nitrogens with one attached hydrogen (secondary N) is 1. The molecule has 140 valence electrons. The smallest absolute Gasteiger partial charge is 0.227 e. The van der Waals surface area contributed by atoms with Crippen LogP contribution in [0.2, 0.25) is 0 Å². The van der Waals surface area contributed by atoms with E-state index in [0.29, 0.717) is 6.54 Å². The topological polar surface area (TPSA) is 49.4 Å². The van der Waals surface area contributed by atoms with Gasteiger partial charge in [-0.3, -0.25) is 9.59 Å². The molecule has 1 aliphatic carbocycles. The fraction of sp³-hybridized carbons (Fsp3) is 0.250. The van der Waals surface area contributed by atoms with Crippen LogP contribution in [0.15, 0.2) is 66.7 Å². The number of carbonyl (C=O) groups excluding carboxylic acids is 2. The Labute approximate surface area is 164 Å². The van der Waals surface area contributed by atoms with Crippen LogP contribution in [-0.2, 0) is 16.0 Å². The molecule has 0 saturated carbocycles. The summed E-state index contributed by atoms with van der Waals surface area (Å²) in [5.41, 5.74) is 3.42. The third-order valence-corrected chi connectivity index (χ3v) is 6.00. The van der Waals surface area contributed by atoms with E-state index >= 15 is 0 Å². The molecule has 0 bridgehead atoms. The van der Waals surface area contributed by atoms with Crippen molar-refractivity contribution in [1.29, 1.82) is 0 Å². The second-order valence-corrected chi connectivity index (χ2v) is 7.70. The Kier molecular flexibility index (Phi) is 4.12. The monoisotopic (exact) mass is 370 g/mol. The number of aryl methyl sites for hydroxylation is 1. The van der Waals surface area contributed by atoms with E-state index in [4.69, 9.17) is 0 Å². The summed E-state index contributed by atoms with van der Waals surface area (Å²) in [7, 11) is 0. The van der Waals surface area contributed by atoms with Crippen LogP contribution in [0.4, 0.5) is 5.69 Å². The van der Waals surface area contributed by atoms with Gasteiger partial charge in [0.15, 0.2) is 0 Å². The molecule has 0 radical (unpaired) electrons. The van der Waals surface area contributed by atoms with Crippen LogP contribution in [0.1, 0.15) is 30.0 Å². The zero-order valence-electron chi connectivity index (χ0n) is 15.6. The first-order valence-corrected chi connectivity index (χ1v) is 9.87. The number of rotatable bonds is 3. The number of anilines is 1. The van der Waals surface area contributed by atoms with Gasteiger partial charge in [-0.1, -0.05) is 60.7 Å². The number of nitrogens with zero attached hydrogens (tertiary/aromatic N) is 1. The molecule has 28 heavy (non-hydrogen) atoms.